The lowest BCUT2D eigenvalue weighted by Crippen LogP contribution is -2.49. The van der Waals surface area contributed by atoms with E-state index >= 15 is 0 Å². The molecule has 43 atom stereocenters. The van der Waals surface area contributed by atoms with E-state index in [1.54, 1.807) is 0 Å². The van der Waals surface area contributed by atoms with Crippen LogP contribution in [0.4, 0.5) is 0 Å². The van der Waals surface area contributed by atoms with E-state index in [0.717, 1.165) is 308 Å². The van der Waals surface area contributed by atoms with Gasteiger partial charge in [0.15, 0.2) is 0 Å². The first-order valence-electron chi connectivity index (χ1n) is 54.2. The summed E-state index contributed by atoms with van der Waals surface area (Å²) in [5, 5.41) is 0. The summed E-state index contributed by atoms with van der Waals surface area (Å²) in [4.78, 5) is 0. The third kappa shape index (κ3) is 28.2. The molecule has 0 N–H and O–H groups in total. The van der Waals surface area contributed by atoms with Gasteiger partial charge < -0.3 is 0 Å². The molecule has 0 aromatic heterocycles. The van der Waals surface area contributed by atoms with Crippen molar-refractivity contribution in [3.05, 3.63) is 36.5 Å². The molecule has 782 valence electrons. The van der Waals surface area contributed by atoms with Crippen LogP contribution in [-0.4, -0.2) is 0 Å². The Morgan fingerprint density at radius 2 is 0.446 bits per heavy atom. The van der Waals surface area contributed by atoms with Crippen LogP contribution >= 0.6 is 0 Å². The van der Waals surface area contributed by atoms with Crippen molar-refractivity contribution in [1.82, 2.24) is 0 Å². The molecule has 0 heterocycles. The number of hydrogen-bond donors (Lipinski definition) is 0. The molecular formula is C130H262. The molecule has 17 saturated carbocycles. The first-order valence-corrected chi connectivity index (χ1v) is 54.2. The molecule has 43 unspecified atom stereocenters. The summed E-state index contributed by atoms with van der Waals surface area (Å²) in [5.74, 6) is 49.9. The summed E-state index contributed by atoms with van der Waals surface area (Å²) in [6.07, 6.45) is 35.6. The van der Waals surface area contributed by atoms with Crippen LogP contribution in [0, 0.1) is 324 Å². The van der Waals surface area contributed by atoms with Crippen molar-refractivity contribution in [2.75, 3.05) is 0 Å². The molecule has 23 aliphatic rings. The van der Waals surface area contributed by atoms with E-state index in [1.165, 1.54) is 89.9 Å². The van der Waals surface area contributed by atoms with Crippen molar-refractivity contribution in [1.29, 1.82) is 0 Å². The average Bonchev–Trinajstić information content (AvgIpc) is 1.47. The maximum Gasteiger partial charge on any atom is -0.00922 e. The minimum atomic E-state index is 0. The van der Waals surface area contributed by atoms with Gasteiger partial charge in [-0.2, -0.15) is 0 Å². The highest BCUT2D eigenvalue weighted by molar-refractivity contribution is 5.17. The zero-order valence-corrected chi connectivity index (χ0v) is 88.9. The van der Waals surface area contributed by atoms with Gasteiger partial charge in [0.2, 0.25) is 0 Å². The smallest absolute Gasteiger partial charge is 0.00922 e. The standard InChI is InChI=1S/C12H22.C12H20.C12H22.2C12H20.2C11H20.2C10H20.C9H18.C8H16.11CH4/c2*1-8-7-11-5-6-12(8,4)10(3)9(11)2;3*1-7-8(2)12-6-5-11(7)9(3)10(12)4;1-7-5-10-6-11(7,4)9(3)8(10)2;1-6-7(2)11-5-10(6)8(3)9(11)4;1-7-5-9(3)10(4)6-8(7)2;1-7-5-6-8(2)10(4)9(7)3;1-6-5-7(2)9(4)8(6)3;1-5-6(2)8(4)7(5)3;;;;;;;;;;;/h8-11H,5-7H2,1-4H3;5-6,8-11H,7H2,1-4H3;7-12H,5-6H2,1-4H3;2*5-12H,1-4H3;7-10H,5-6H2,1-4H3;6-11H,5H2,1-4H3;2*7-10H,5-6H2,1-4H3;6-9H,5H2,1-4H3;5-8H,1-4H3;11*1H4. The van der Waals surface area contributed by atoms with Gasteiger partial charge in [-0.25, -0.2) is 0 Å². The van der Waals surface area contributed by atoms with E-state index in [0.29, 0.717) is 16.2 Å². The molecule has 23 aliphatic carbocycles. The van der Waals surface area contributed by atoms with Crippen molar-refractivity contribution < 1.29 is 0 Å². The molecule has 23 rings (SSSR count). The molecule has 130 heavy (non-hydrogen) atoms. The lowest BCUT2D eigenvalue weighted by Gasteiger charge is -2.57. The third-order valence-electron chi connectivity index (χ3n) is 48.5. The Morgan fingerprint density at radius 3 is 0.685 bits per heavy atom. The Labute approximate surface area is 831 Å². The van der Waals surface area contributed by atoms with Gasteiger partial charge in [-0.3, -0.25) is 0 Å². The SMILES string of the molecule is C.C.C.C.C.C.C.C.C.C.C.CC1C(C)C(C)C1C.CC1C(C)C2C=CC1C(C)C2C.CC1C(C)C2C=CC1C(C)C2C.CC1C(C)C2CC1C(C)C2C.CC1C(C)C2CCC1C(C)C2C.CC1C2C=CC(C)(C(C)C2)C1C.CC1C2CC(C)C(C)(C2)C1C.CC1C2CCC(C)(C(C)C2)C1C.CC1CC(C)C(C)C1C.CC1CC(C)C(C)CC1C.CC1CCC(C)C(C)C1C. The molecule has 0 aromatic rings. The Balaban J connectivity index is -0.000000667. The average molecular weight is 1830 g/mol. The van der Waals surface area contributed by atoms with Crippen molar-refractivity contribution >= 4 is 0 Å². The zero-order chi connectivity index (χ0) is 89.7. The Bertz CT molecular complexity index is 2810. The van der Waals surface area contributed by atoms with Crippen LogP contribution in [0.15, 0.2) is 36.5 Å². The van der Waals surface area contributed by atoms with Crippen LogP contribution in [0.1, 0.15) is 476 Å². The van der Waals surface area contributed by atoms with Crippen molar-refractivity contribution in [2.45, 2.75) is 476 Å². The maximum absolute atomic E-state index is 2.52. The molecule has 0 aromatic carbocycles. The molecule has 14 bridgehead atoms. The molecular weight excluding hydrogens is 1560 g/mol. The molecule has 0 aliphatic heterocycles. The highest BCUT2D eigenvalue weighted by Crippen LogP contribution is 2.65. The summed E-state index contributed by atoms with van der Waals surface area (Å²) in [5.41, 5.74) is 1.87. The Kier molecular flexibility index (Phi) is 57.9. The van der Waals surface area contributed by atoms with Crippen molar-refractivity contribution in [3.8, 4) is 0 Å². The fourth-order valence-corrected chi connectivity index (χ4v) is 32.8. The first-order chi connectivity index (χ1) is 55.2. The van der Waals surface area contributed by atoms with Crippen LogP contribution in [-0.2, 0) is 0 Å². The quantitative estimate of drug-likeness (QED) is 0.212. The van der Waals surface area contributed by atoms with Gasteiger partial charge in [-0.1, -0.05) is 436 Å². The van der Waals surface area contributed by atoms with E-state index in [1.807, 2.05) is 0 Å². The summed E-state index contributed by atoms with van der Waals surface area (Å²) in [6, 6.07) is 0. The fraction of sp³-hybridized carbons (Fsp3) is 0.954. The minimum Gasteiger partial charge on any atom is -0.0846 e. The van der Waals surface area contributed by atoms with Crippen LogP contribution in [0.3, 0.4) is 0 Å². The van der Waals surface area contributed by atoms with Gasteiger partial charge in [0.1, 0.15) is 0 Å². The largest absolute Gasteiger partial charge is 0.0846 e. The van der Waals surface area contributed by atoms with E-state index in [9.17, 15) is 0 Å². The topological polar surface area (TPSA) is 0 Å². The molecule has 0 amide bonds. The zero-order valence-electron chi connectivity index (χ0n) is 88.9. The second-order valence-electron chi connectivity index (χ2n) is 52.3. The summed E-state index contributed by atoms with van der Waals surface area (Å²) >= 11 is 0. The predicted molar refractivity (Wildman–Crippen MR) is 605 cm³/mol. The number of fused-ring (bicyclic) bond motifs is 16. The minimum absolute atomic E-state index is 0. The lowest BCUT2D eigenvalue weighted by molar-refractivity contribution is -0.0751. The van der Waals surface area contributed by atoms with Gasteiger partial charge in [0, 0.05) is 0 Å². The Morgan fingerprint density at radius 1 is 0.185 bits per heavy atom. The highest BCUT2D eigenvalue weighted by Gasteiger charge is 2.57. The van der Waals surface area contributed by atoms with Crippen LogP contribution in [0.25, 0.3) is 0 Å². The van der Waals surface area contributed by atoms with Gasteiger partial charge in [-0.05, 0) is 401 Å². The van der Waals surface area contributed by atoms with E-state index < -0.39 is 0 Å². The third-order valence-corrected chi connectivity index (χ3v) is 48.5. The van der Waals surface area contributed by atoms with Crippen LogP contribution in [0.2, 0.25) is 0 Å². The summed E-state index contributed by atoms with van der Waals surface area (Å²) in [7, 11) is 0. The van der Waals surface area contributed by atoms with Gasteiger partial charge in [0.25, 0.3) is 0 Å². The number of hydrogen-bond acceptors (Lipinski definition) is 0. The maximum atomic E-state index is 2.52. The number of allylic oxidation sites excluding steroid dienone is 6. The highest BCUT2D eigenvalue weighted by atomic mass is 14.6. The fourth-order valence-electron chi connectivity index (χ4n) is 32.8. The van der Waals surface area contributed by atoms with Gasteiger partial charge in [0.05, 0.1) is 0 Å². The van der Waals surface area contributed by atoms with E-state index in [2.05, 4.69) is 341 Å². The first kappa shape index (κ1) is 135. The molecule has 17 fully saturated rings. The summed E-state index contributed by atoms with van der Waals surface area (Å²) in [6.45, 7) is 107. The normalized spacial score (nSPS) is 52.0. The lowest BCUT2D eigenvalue weighted by atomic mass is 9.48. The molecule has 0 saturated heterocycles. The predicted octanol–water partition coefficient (Wildman–Crippen LogP) is 43.1. The molecule has 0 radical (unpaired) electrons. The van der Waals surface area contributed by atoms with Gasteiger partial charge >= 0.3 is 0 Å². The second kappa shape index (κ2) is 55.6. The van der Waals surface area contributed by atoms with Crippen molar-refractivity contribution in [2.24, 2.45) is 324 Å². The van der Waals surface area contributed by atoms with Crippen LogP contribution in [0.5, 0.6) is 0 Å². The molecule has 0 spiro atoms. The summed E-state index contributed by atoms with van der Waals surface area (Å²) < 4.78 is 0. The van der Waals surface area contributed by atoms with E-state index in [4.69, 9.17) is 0 Å². The number of rotatable bonds is 0. The van der Waals surface area contributed by atoms with Crippen LogP contribution < -0.4 is 0 Å². The molecule has 0 nitrogen and oxygen atoms in total. The van der Waals surface area contributed by atoms with E-state index in [-0.39, 0.29) is 81.7 Å². The molecule has 0 heteroatoms. The Hall–Kier alpha value is -0.780. The second-order valence-corrected chi connectivity index (χ2v) is 52.3. The monoisotopic (exact) mass is 1820 g/mol. The van der Waals surface area contributed by atoms with Gasteiger partial charge in [-0.15, -0.1) is 0 Å². The van der Waals surface area contributed by atoms with Crippen molar-refractivity contribution in [3.63, 3.8) is 0 Å².